The lowest BCUT2D eigenvalue weighted by Gasteiger charge is -2.21. The third-order valence-electron chi connectivity index (χ3n) is 3.70. The van der Waals surface area contributed by atoms with Crippen molar-refractivity contribution in [3.8, 4) is 0 Å². The summed E-state index contributed by atoms with van der Waals surface area (Å²) in [5.74, 6) is 0.270. The smallest absolute Gasteiger partial charge is 0.340 e. The third kappa shape index (κ3) is 5.42. The highest BCUT2D eigenvalue weighted by Gasteiger charge is 2.31. The van der Waals surface area contributed by atoms with Crippen molar-refractivity contribution in [3.63, 3.8) is 0 Å². The molecular weight excluding hydrogens is 359 g/mol. The Morgan fingerprint density at radius 1 is 1.15 bits per heavy atom. The molecule has 0 saturated carbocycles. The molecule has 0 aliphatic heterocycles. The van der Waals surface area contributed by atoms with E-state index >= 15 is 0 Å². The normalized spacial score (nSPS) is 13.2. The van der Waals surface area contributed by atoms with Crippen molar-refractivity contribution in [1.29, 1.82) is 0 Å². The summed E-state index contributed by atoms with van der Waals surface area (Å²) in [6.07, 6.45) is -1.95. The Kier molecular flexibility index (Phi) is 5.49. The monoisotopic (exact) mass is 381 g/mol. The largest absolute Gasteiger partial charge is 0.416 e. The number of carbonyl (C=O) groups excluding carboxylic acids is 1. The van der Waals surface area contributed by atoms with E-state index in [-0.39, 0.29) is 11.0 Å². The first kappa shape index (κ1) is 20.7. The van der Waals surface area contributed by atoms with Gasteiger partial charge in [0.2, 0.25) is 11.8 Å². The average molecular weight is 381 g/mol. The van der Waals surface area contributed by atoms with Gasteiger partial charge in [-0.3, -0.25) is 4.79 Å². The Morgan fingerprint density at radius 2 is 1.81 bits per heavy atom. The number of amides is 1. The maximum absolute atomic E-state index is 12.7. The molecule has 0 bridgehead atoms. The van der Waals surface area contributed by atoms with Gasteiger partial charge in [-0.15, -0.1) is 0 Å². The lowest BCUT2D eigenvalue weighted by atomic mass is 9.97. The Labute approximate surface area is 155 Å². The number of nitrogens with zero attached hydrogens (tertiary/aromatic N) is 2. The van der Waals surface area contributed by atoms with Gasteiger partial charge < -0.3 is 9.84 Å². The maximum Gasteiger partial charge on any atom is 0.416 e. The summed E-state index contributed by atoms with van der Waals surface area (Å²) >= 11 is 0. The molecule has 0 saturated heterocycles. The Morgan fingerprint density at radius 3 is 2.37 bits per heavy atom. The number of hydrogen-bond acceptors (Lipinski definition) is 4. The third-order valence-corrected chi connectivity index (χ3v) is 3.70. The number of benzene rings is 1. The highest BCUT2D eigenvalue weighted by molar-refractivity contribution is 5.92. The molecule has 1 amide bonds. The van der Waals surface area contributed by atoms with E-state index in [2.05, 4.69) is 15.5 Å². The second-order valence-electron chi connectivity index (χ2n) is 7.74. The molecule has 1 N–H and O–H groups in total. The van der Waals surface area contributed by atoms with Crippen LogP contribution in [0.15, 0.2) is 34.9 Å². The zero-order chi connectivity index (χ0) is 20.5. The highest BCUT2D eigenvalue weighted by Crippen LogP contribution is 2.29. The van der Waals surface area contributed by atoms with Crippen LogP contribution in [0.4, 0.5) is 13.2 Å². The first-order valence-electron chi connectivity index (χ1n) is 8.31. The molecule has 1 heterocycles. The lowest BCUT2D eigenvalue weighted by molar-refractivity contribution is -0.137. The van der Waals surface area contributed by atoms with E-state index in [1.807, 2.05) is 20.8 Å². The predicted molar refractivity (Wildman–Crippen MR) is 94.6 cm³/mol. The van der Waals surface area contributed by atoms with Crippen LogP contribution in [0, 0.1) is 0 Å². The van der Waals surface area contributed by atoms with Crippen molar-refractivity contribution in [3.05, 3.63) is 53.2 Å². The van der Waals surface area contributed by atoms with Crippen molar-refractivity contribution >= 4 is 12.0 Å². The SMILES string of the molecule is CC(C)(C)c1nc(C(C)(C)NC(=O)/C=C/c2cccc(C(F)(F)F)c2)no1. The summed E-state index contributed by atoms with van der Waals surface area (Å²) in [5.41, 5.74) is -1.74. The van der Waals surface area contributed by atoms with Crippen molar-refractivity contribution < 1.29 is 22.5 Å². The van der Waals surface area contributed by atoms with Crippen LogP contribution in [0.2, 0.25) is 0 Å². The van der Waals surface area contributed by atoms with Crippen LogP contribution in [-0.4, -0.2) is 16.0 Å². The van der Waals surface area contributed by atoms with Crippen LogP contribution in [-0.2, 0) is 21.9 Å². The summed E-state index contributed by atoms with van der Waals surface area (Å²) in [5, 5.41) is 6.63. The molecule has 0 aliphatic rings. The summed E-state index contributed by atoms with van der Waals surface area (Å²) in [7, 11) is 0. The summed E-state index contributed by atoms with van der Waals surface area (Å²) in [6.45, 7) is 9.19. The number of alkyl halides is 3. The molecule has 0 spiro atoms. The molecule has 2 rings (SSSR count). The molecule has 2 aromatic rings. The fraction of sp³-hybridized carbons (Fsp3) is 0.421. The molecular formula is C19H22F3N3O2. The molecule has 0 atom stereocenters. The van der Waals surface area contributed by atoms with Gasteiger partial charge in [0.05, 0.1) is 11.1 Å². The number of rotatable bonds is 4. The van der Waals surface area contributed by atoms with Gasteiger partial charge in [-0.1, -0.05) is 38.1 Å². The van der Waals surface area contributed by atoms with Crippen molar-refractivity contribution in [2.75, 3.05) is 0 Å². The average Bonchev–Trinajstić information content (AvgIpc) is 3.03. The number of carbonyl (C=O) groups is 1. The van der Waals surface area contributed by atoms with E-state index in [0.29, 0.717) is 11.7 Å². The second-order valence-corrected chi connectivity index (χ2v) is 7.74. The molecule has 1 aromatic heterocycles. The fourth-order valence-electron chi connectivity index (χ4n) is 2.18. The van der Waals surface area contributed by atoms with Gasteiger partial charge in [-0.25, -0.2) is 0 Å². The Bertz CT molecular complexity index is 846. The standard InChI is InChI=1S/C19H22F3N3O2/c1-17(2,3)16-23-15(25-27-16)18(4,5)24-14(26)10-9-12-7-6-8-13(11-12)19(20,21)22/h6-11H,1-5H3,(H,24,26)/b10-9+. The zero-order valence-electron chi connectivity index (χ0n) is 15.8. The van der Waals surface area contributed by atoms with Crippen molar-refractivity contribution in [2.24, 2.45) is 0 Å². The number of aromatic nitrogens is 2. The number of halogens is 3. The minimum Gasteiger partial charge on any atom is -0.340 e. The quantitative estimate of drug-likeness (QED) is 0.795. The molecule has 27 heavy (non-hydrogen) atoms. The molecule has 8 heteroatoms. The van der Waals surface area contributed by atoms with E-state index in [4.69, 9.17) is 4.52 Å². The van der Waals surface area contributed by atoms with E-state index < -0.39 is 23.2 Å². The summed E-state index contributed by atoms with van der Waals surface area (Å²) < 4.78 is 43.4. The Balaban J connectivity index is 2.10. The van der Waals surface area contributed by atoms with E-state index in [9.17, 15) is 18.0 Å². The minimum atomic E-state index is -4.43. The van der Waals surface area contributed by atoms with Gasteiger partial charge in [-0.05, 0) is 37.6 Å². The molecule has 0 radical (unpaired) electrons. The molecule has 1 aromatic carbocycles. The topological polar surface area (TPSA) is 68.0 Å². The van der Waals surface area contributed by atoms with Gasteiger partial charge >= 0.3 is 6.18 Å². The molecule has 0 aliphatic carbocycles. The first-order chi connectivity index (χ1) is 12.3. The van der Waals surface area contributed by atoms with Crippen LogP contribution < -0.4 is 5.32 Å². The Hall–Kier alpha value is -2.64. The second kappa shape index (κ2) is 7.17. The molecule has 0 unspecified atom stereocenters. The van der Waals surface area contributed by atoms with Gasteiger partial charge in [-0.2, -0.15) is 18.2 Å². The van der Waals surface area contributed by atoms with Crippen molar-refractivity contribution in [2.45, 2.75) is 51.7 Å². The van der Waals surface area contributed by atoms with E-state index in [1.54, 1.807) is 13.8 Å². The van der Waals surface area contributed by atoms with Crippen LogP contribution in [0.1, 0.15) is 57.5 Å². The van der Waals surface area contributed by atoms with Gasteiger partial charge in [0, 0.05) is 11.5 Å². The van der Waals surface area contributed by atoms with Crippen LogP contribution in [0.5, 0.6) is 0 Å². The summed E-state index contributed by atoms with van der Waals surface area (Å²) in [4.78, 5) is 16.5. The zero-order valence-corrected chi connectivity index (χ0v) is 15.8. The minimum absolute atomic E-state index is 0.271. The lowest BCUT2D eigenvalue weighted by Crippen LogP contribution is -2.41. The molecule has 146 valence electrons. The van der Waals surface area contributed by atoms with Crippen LogP contribution >= 0.6 is 0 Å². The number of hydrogen-bond donors (Lipinski definition) is 1. The van der Waals surface area contributed by atoms with E-state index in [0.717, 1.165) is 12.1 Å². The number of nitrogens with one attached hydrogen (secondary N) is 1. The fourth-order valence-corrected chi connectivity index (χ4v) is 2.18. The van der Waals surface area contributed by atoms with E-state index in [1.165, 1.54) is 24.3 Å². The molecule has 0 fully saturated rings. The molecule has 5 nitrogen and oxygen atoms in total. The maximum atomic E-state index is 12.7. The highest BCUT2D eigenvalue weighted by atomic mass is 19.4. The summed E-state index contributed by atoms with van der Waals surface area (Å²) in [6, 6.07) is 4.73. The van der Waals surface area contributed by atoms with Gasteiger partial charge in [0.15, 0.2) is 5.82 Å². The van der Waals surface area contributed by atoms with Gasteiger partial charge in [0.25, 0.3) is 0 Å². The predicted octanol–water partition coefficient (Wildman–Crippen LogP) is 4.45. The van der Waals surface area contributed by atoms with Crippen LogP contribution in [0.25, 0.3) is 6.08 Å². The van der Waals surface area contributed by atoms with Gasteiger partial charge in [0.1, 0.15) is 0 Å². The van der Waals surface area contributed by atoms with Crippen LogP contribution in [0.3, 0.4) is 0 Å². The first-order valence-corrected chi connectivity index (χ1v) is 8.31. The van der Waals surface area contributed by atoms with Crippen molar-refractivity contribution in [1.82, 2.24) is 15.5 Å².